The van der Waals surface area contributed by atoms with Gasteiger partial charge in [-0.2, -0.15) is 39.5 Å². The lowest BCUT2D eigenvalue weighted by molar-refractivity contribution is -0.403. The molecule has 0 unspecified atom stereocenters. The first-order valence-electron chi connectivity index (χ1n) is 9.16. The second-order valence-electron chi connectivity index (χ2n) is 6.85. The van der Waals surface area contributed by atoms with Crippen LogP contribution in [0, 0.1) is 5.92 Å². The molecule has 0 amide bonds. The molecule has 1 rings (SSSR count). The average molecular weight is 446 g/mol. The van der Waals surface area contributed by atoms with Gasteiger partial charge in [-0.3, -0.25) is 4.79 Å². The van der Waals surface area contributed by atoms with Gasteiger partial charge in [0.25, 0.3) is 0 Å². The van der Waals surface area contributed by atoms with Crippen LogP contribution < -0.4 is 0 Å². The average Bonchev–Trinajstić information content (AvgIpc) is 2.59. The van der Waals surface area contributed by atoms with Crippen LogP contribution in [0.15, 0.2) is 0 Å². The van der Waals surface area contributed by atoms with Crippen molar-refractivity contribution in [2.75, 3.05) is 6.61 Å². The highest BCUT2D eigenvalue weighted by molar-refractivity contribution is 5.86. The molecule has 0 radical (unpaired) electrons. The molecule has 172 valence electrons. The summed E-state index contributed by atoms with van der Waals surface area (Å²) in [5, 5.41) is 0. The first kappa shape index (κ1) is 26.0. The van der Waals surface area contributed by atoms with Crippen LogP contribution in [0.1, 0.15) is 52.4 Å². The number of carbonyl (C=O) groups excluding carboxylic acids is 1. The van der Waals surface area contributed by atoms with Crippen molar-refractivity contribution in [2.24, 2.45) is 5.92 Å². The van der Waals surface area contributed by atoms with E-state index < -0.39 is 54.5 Å². The molecule has 1 aliphatic heterocycles. The maximum atomic E-state index is 14.3. The number of hydrogen-bond acceptors (Lipinski definition) is 3. The van der Waals surface area contributed by atoms with E-state index in [2.05, 4.69) is 0 Å². The quantitative estimate of drug-likeness (QED) is 0.316. The molecule has 0 saturated carbocycles. The van der Waals surface area contributed by atoms with Gasteiger partial charge in [-0.25, -0.2) is 0 Å². The number of unbranched alkanes of at least 4 members (excludes halogenated alkanes) is 3. The molecule has 0 aromatic carbocycles. The Kier molecular flexibility index (Phi) is 8.43. The molecule has 0 bridgehead atoms. The van der Waals surface area contributed by atoms with Crippen LogP contribution in [0.5, 0.6) is 0 Å². The van der Waals surface area contributed by atoms with Crippen molar-refractivity contribution in [1.82, 2.24) is 0 Å². The van der Waals surface area contributed by atoms with Crippen molar-refractivity contribution < 1.29 is 53.8 Å². The number of halogens is 9. The summed E-state index contributed by atoms with van der Waals surface area (Å²) in [7, 11) is 0. The van der Waals surface area contributed by atoms with E-state index in [1.807, 2.05) is 6.92 Å². The monoisotopic (exact) mass is 446 g/mol. The topological polar surface area (TPSA) is 35.5 Å². The smallest absolute Gasteiger partial charge is 0.346 e. The third-order valence-electron chi connectivity index (χ3n) is 4.69. The molecule has 1 fully saturated rings. The van der Waals surface area contributed by atoms with Crippen LogP contribution >= 0.6 is 0 Å². The van der Waals surface area contributed by atoms with Crippen LogP contribution in [0.3, 0.4) is 0 Å². The fourth-order valence-corrected chi connectivity index (χ4v) is 3.03. The second-order valence-corrected chi connectivity index (χ2v) is 6.85. The van der Waals surface area contributed by atoms with Crippen molar-refractivity contribution in [3.8, 4) is 0 Å². The predicted octanol–water partition coefficient (Wildman–Crippen LogP) is 5.76. The van der Waals surface area contributed by atoms with E-state index in [-0.39, 0.29) is 13.0 Å². The third kappa shape index (κ3) is 5.18. The summed E-state index contributed by atoms with van der Waals surface area (Å²) >= 11 is 0. The van der Waals surface area contributed by atoms with Gasteiger partial charge in [0.1, 0.15) is 0 Å². The number of rotatable bonds is 10. The molecule has 3 nitrogen and oxygen atoms in total. The van der Waals surface area contributed by atoms with E-state index in [0.717, 1.165) is 12.8 Å². The van der Waals surface area contributed by atoms with E-state index in [1.54, 1.807) is 0 Å². The Morgan fingerprint density at radius 2 is 1.52 bits per heavy atom. The molecule has 0 aliphatic carbocycles. The first-order chi connectivity index (χ1) is 13.1. The fraction of sp³-hybridized carbons (Fsp3) is 0.941. The molecule has 1 heterocycles. The van der Waals surface area contributed by atoms with E-state index in [9.17, 15) is 44.3 Å². The predicted molar refractivity (Wildman–Crippen MR) is 83.1 cm³/mol. The molecule has 0 aromatic rings. The lowest BCUT2D eigenvalue weighted by Crippen LogP contribution is -2.65. The number of carbonyl (C=O) groups is 1. The molecule has 29 heavy (non-hydrogen) atoms. The molecule has 1 saturated heterocycles. The largest absolute Gasteiger partial charge is 0.460 e. The summed E-state index contributed by atoms with van der Waals surface area (Å²) in [6.45, 7) is 2.97. The van der Waals surface area contributed by atoms with Crippen molar-refractivity contribution >= 4 is 5.78 Å². The maximum Gasteiger partial charge on any atom is 0.460 e. The van der Waals surface area contributed by atoms with Crippen LogP contribution in [0.4, 0.5) is 39.5 Å². The van der Waals surface area contributed by atoms with Crippen LogP contribution in [-0.2, 0) is 14.3 Å². The second kappa shape index (κ2) is 9.40. The van der Waals surface area contributed by atoms with E-state index >= 15 is 0 Å². The molecule has 1 aliphatic rings. The van der Waals surface area contributed by atoms with Crippen LogP contribution in [0.2, 0.25) is 0 Å². The standard InChI is InChI=1S/C17H23F9O3/c1-3-5-6-7-8-10-9-11(12(27)13(29-10)28-4-2)14(18,19)15(20,21)16(22,23)17(24,25)26/h10-11,13H,3-9H2,1-2H3/t10-,11-,13-/m1/s1. The lowest BCUT2D eigenvalue weighted by atomic mass is 9.81. The molecular weight excluding hydrogens is 423 g/mol. The molecular formula is C17H23F9O3. The summed E-state index contributed by atoms with van der Waals surface area (Å²) < 4.78 is 130. The van der Waals surface area contributed by atoms with Gasteiger partial charge in [-0.1, -0.05) is 32.6 Å². The Balaban J connectivity index is 3.18. The Morgan fingerprint density at radius 1 is 0.931 bits per heavy atom. The van der Waals surface area contributed by atoms with Gasteiger partial charge in [0.2, 0.25) is 6.29 Å². The van der Waals surface area contributed by atoms with Gasteiger partial charge < -0.3 is 9.47 Å². The lowest BCUT2D eigenvalue weighted by Gasteiger charge is -2.41. The number of Topliss-reactive ketones (excluding diaryl/α,β-unsaturated/α-hetero) is 1. The fourth-order valence-electron chi connectivity index (χ4n) is 3.03. The summed E-state index contributed by atoms with van der Waals surface area (Å²) in [6, 6.07) is 0. The molecule has 3 atom stereocenters. The highest BCUT2D eigenvalue weighted by Crippen LogP contribution is 2.56. The van der Waals surface area contributed by atoms with Crippen LogP contribution in [0.25, 0.3) is 0 Å². The normalized spacial score (nSPS) is 24.8. The summed E-state index contributed by atoms with van der Waals surface area (Å²) in [5.74, 6) is -24.8. The Morgan fingerprint density at radius 3 is 2.00 bits per heavy atom. The van der Waals surface area contributed by atoms with Crippen molar-refractivity contribution in [2.45, 2.75) is 88.7 Å². The first-order valence-corrected chi connectivity index (χ1v) is 9.16. The SMILES string of the molecule is CCCCCC[C@@H]1C[C@@H](C(F)(F)C(F)(F)C(F)(F)C(F)(F)F)C(=O)[C@H](OCC)O1. The van der Waals surface area contributed by atoms with E-state index in [4.69, 9.17) is 9.47 Å². The number of ketones is 1. The van der Waals surface area contributed by atoms with Crippen molar-refractivity contribution in [1.29, 1.82) is 0 Å². The van der Waals surface area contributed by atoms with Gasteiger partial charge in [-0.15, -0.1) is 0 Å². The van der Waals surface area contributed by atoms with E-state index in [1.165, 1.54) is 6.92 Å². The van der Waals surface area contributed by atoms with E-state index in [0.29, 0.717) is 12.8 Å². The highest BCUT2D eigenvalue weighted by Gasteiger charge is 2.83. The Bertz CT molecular complexity index is 549. The minimum atomic E-state index is -7.04. The molecule has 0 N–H and O–H groups in total. The van der Waals surface area contributed by atoms with Crippen molar-refractivity contribution in [3.63, 3.8) is 0 Å². The zero-order chi connectivity index (χ0) is 22.7. The number of ether oxygens (including phenoxy) is 2. The van der Waals surface area contributed by atoms with Crippen LogP contribution in [-0.4, -0.2) is 48.7 Å². The summed E-state index contributed by atoms with van der Waals surface area (Å²) in [4.78, 5) is 12.1. The Hall–Kier alpha value is -1.04. The zero-order valence-electron chi connectivity index (χ0n) is 15.8. The van der Waals surface area contributed by atoms with Gasteiger partial charge >= 0.3 is 23.9 Å². The Labute approximate surface area is 161 Å². The van der Waals surface area contributed by atoms with Gasteiger partial charge in [-0.05, 0) is 19.8 Å². The molecule has 12 heteroatoms. The van der Waals surface area contributed by atoms with Crippen molar-refractivity contribution in [3.05, 3.63) is 0 Å². The maximum absolute atomic E-state index is 14.3. The highest BCUT2D eigenvalue weighted by atomic mass is 19.4. The van der Waals surface area contributed by atoms with Gasteiger partial charge in [0.05, 0.1) is 12.0 Å². The minimum Gasteiger partial charge on any atom is -0.346 e. The molecule has 0 spiro atoms. The minimum absolute atomic E-state index is 0.0324. The summed E-state index contributed by atoms with van der Waals surface area (Å²) in [5.41, 5.74) is 0. The third-order valence-corrected chi connectivity index (χ3v) is 4.69. The van der Waals surface area contributed by atoms with Gasteiger partial charge in [0.15, 0.2) is 5.78 Å². The van der Waals surface area contributed by atoms with Gasteiger partial charge in [0, 0.05) is 6.61 Å². The summed E-state index contributed by atoms with van der Waals surface area (Å²) in [6.07, 6.45) is -8.67. The zero-order valence-corrected chi connectivity index (χ0v) is 15.8. The number of hydrogen-bond donors (Lipinski definition) is 0. The number of alkyl halides is 9. The molecule has 0 aromatic heterocycles.